The fourth-order valence-electron chi connectivity index (χ4n) is 1.66. The van der Waals surface area contributed by atoms with Crippen LogP contribution in [0.4, 0.5) is 5.69 Å². The Bertz CT molecular complexity index is 673. The molecular weight excluding hydrogens is 327 g/mol. The van der Waals surface area contributed by atoms with Crippen LogP contribution in [0.15, 0.2) is 46.9 Å². The predicted octanol–water partition coefficient (Wildman–Crippen LogP) is 3.68. The molecule has 3 nitrogen and oxygen atoms in total. The summed E-state index contributed by atoms with van der Waals surface area (Å²) in [6.07, 6.45) is 0. The van der Waals surface area contributed by atoms with E-state index in [1.807, 2.05) is 36.4 Å². The van der Waals surface area contributed by atoms with Crippen molar-refractivity contribution in [2.75, 3.05) is 5.73 Å². The van der Waals surface area contributed by atoms with Crippen molar-refractivity contribution in [3.05, 3.63) is 46.0 Å². The van der Waals surface area contributed by atoms with Crippen molar-refractivity contribution >= 4 is 39.4 Å². The summed E-state index contributed by atoms with van der Waals surface area (Å²) in [6.45, 7) is 0. The number of rotatable bonds is 1. The molecule has 0 saturated carbocycles. The van der Waals surface area contributed by atoms with Gasteiger partial charge in [-0.15, -0.1) is 0 Å². The van der Waals surface area contributed by atoms with Gasteiger partial charge in [0, 0.05) is 20.9 Å². The van der Waals surface area contributed by atoms with Gasteiger partial charge < -0.3 is 10.2 Å². The predicted molar refractivity (Wildman–Crippen MR) is 76.6 cm³/mol. The number of benzene rings is 2. The van der Waals surface area contributed by atoms with Gasteiger partial charge in [-0.3, -0.25) is 0 Å². The molecule has 0 radical (unpaired) electrons. The van der Waals surface area contributed by atoms with E-state index in [1.165, 1.54) is 3.57 Å². The lowest BCUT2D eigenvalue weighted by Gasteiger charge is -1.94. The van der Waals surface area contributed by atoms with Crippen LogP contribution in [0.3, 0.4) is 0 Å². The normalized spacial score (nSPS) is 10.9. The summed E-state index contributed by atoms with van der Waals surface area (Å²) in [5.74, 6) is 0.627. The molecule has 0 aliphatic carbocycles. The van der Waals surface area contributed by atoms with Gasteiger partial charge in [-0.25, -0.2) is 4.98 Å². The minimum atomic E-state index is 0.627. The quantitative estimate of drug-likeness (QED) is 0.545. The van der Waals surface area contributed by atoms with Crippen LogP contribution < -0.4 is 5.73 Å². The molecular formula is C13H9IN2O. The second kappa shape index (κ2) is 4.03. The number of anilines is 1. The molecule has 3 aromatic rings. The monoisotopic (exact) mass is 336 g/mol. The summed E-state index contributed by atoms with van der Waals surface area (Å²) in [5.41, 5.74) is 8.91. The number of nitrogens with zero attached hydrogens (tertiary/aromatic N) is 1. The number of nitrogens with two attached hydrogens (primary N) is 1. The molecule has 2 N–H and O–H groups in total. The molecule has 0 atom stereocenters. The van der Waals surface area contributed by atoms with Crippen LogP contribution in [0.25, 0.3) is 22.6 Å². The smallest absolute Gasteiger partial charge is 0.227 e. The van der Waals surface area contributed by atoms with Crippen molar-refractivity contribution in [2.45, 2.75) is 0 Å². The molecule has 0 saturated heterocycles. The van der Waals surface area contributed by atoms with Gasteiger partial charge in [0.1, 0.15) is 5.52 Å². The molecule has 3 rings (SSSR count). The average molecular weight is 336 g/mol. The van der Waals surface area contributed by atoms with Gasteiger partial charge in [-0.2, -0.15) is 0 Å². The summed E-state index contributed by atoms with van der Waals surface area (Å²) in [5, 5.41) is 0. The van der Waals surface area contributed by atoms with Gasteiger partial charge in [0.15, 0.2) is 5.58 Å². The van der Waals surface area contributed by atoms with E-state index in [-0.39, 0.29) is 0 Å². The number of hydrogen-bond donors (Lipinski definition) is 1. The molecule has 17 heavy (non-hydrogen) atoms. The molecule has 0 fully saturated rings. The van der Waals surface area contributed by atoms with Crippen LogP contribution in [0.2, 0.25) is 0 Å². The van der Waals surface area contributed by atoms with Crippen LogP contribution in [0, 0.1) is 3.57 Å². The van der Waals surface area contributed by atoms with E-state index in [9.17, 15) is 0 Å². The topological polar surface area (TPSA) is 52.0 Å². The zero-order chi connectivity index (χ0) is 11.8. The van der Waals surface area contributed by atoms with E-state index in [0.29, 0.717) is 11.6 Å². The summed E-state index contributed by atoms with van der Waals surface area (Å²) < 4.78 is 6.87. The van der Waals surface area contributed by atoms with Crippen molar-refractivity contribution in [2.24, 2.45) is 0 Å². The second-order valence-corrected chi connectivity index (χ2v) is 5.00. The van der Waals surface area contributed by atoms with Crippen molar-refractivity contribution in [1.29, 1.82) is 0 Å². The number of hydrogen-bond acceptors (Lipinski definition) is 3. The van der Waals surface area contributed by atoms with Crippen LogP contribution in [-0.4, -0.2) is 4.98 Å². The lowest BCUT2D eigenvalue weighted by molar-refractivity contribution is 0.620. The Morgan fingerprint density at radius 2 is 1.82 bits per heavy atom. The van der Waals surface area contributed by atoms with Gasteiger partial charge in [-0.05, 0) is 59.0 Å². The Kier molecular flexibility index (Phi) is 2.51. The highest BCUT2D eigenvalue weighted by Gasteiger charge is 2.07. The molecule has 0 spiro atoms. The van der Waals surface area contributed by atoms with E-state index in [1.54, 1.807) is 6.07 Å². The van der Waals surface area contributed by atoms with Gasteiger partial charge in [-0.1, -0.05) is 0 Å². The third-order valence-corrected chi connectivity index (χ3v) is 3.22. The number of halogens is 1. The first-order chi connectivity index (χ1) is 8.22. The maximum Gasteiger partial charge on any atom is 0.227 e. The zero-order valence-electron chi connectivity index (χ0n) is 8.85. The lowest BCUT2D eigenvalue weighted by atomic mass is 10.2. The largest absolute Gasteiger partial charge is 0.436 e. The molecule has 84 valence electrons. The third kappa shape index (κ3) is 2.00. The molecule has 0 amide bonds. The van der Waals surface area contributed by atoms with Gasteiger partial charge in [0.25, 0.3) is 0 Å². The highest BCUT2D eigenvalue weighted by Crippen LogP contribution is 2.25. The maximum absolute atomic E-state index is 5.70. The van der Waals surface area contributed by atoms with E-state index < -0.39 is 0 Å². The average Bonchev–Trinajstić information content (AvgIpc) is 2.72. The highest BCUT2D eigenvalue weighted by molar-refractivity contribution is 14.1. The first-order valence-corrected chi connectivity index (χ1v) is 6.22. The van der Waals surface area contributed by atoms with Crippen molar-refractivity contribution in [1.82, 2.24) is 4.98 Å². The Balaban J connectivity index is 2.14. The first kappa shape index (κ1) is 10.6. The Morgan fingerprint density at radius 1 is 1.06 bits per heavy atom. The Labute approximate surface area is 112 Å². The van der Waals surface area contributed by atoms with Crippen molar-refractivity contribution in [3.8, 4) is 11.5 Å². The fraction of sp³-hybridized carbons (Fsp3) is 0. The molecule has 0 unspecified atom stereocenters. The summed E-state index contributed by atoms with van der Waals surface area (Å²) in [7, 11) is 0. The molecule has 1 aromatic heterocycles. The SMILES string of the molecule is Nc1ccc2nc(-c3ccc(I)cc3)oc2c1. The number of fused-ring (bicyclic) bond motifs is 1. The van der Waals surface area contributed by atoms with Crippen LogP contribution in [0.5, 0.6) is 0 Å². The third-order valence-electron chi connectivity index (χ3n) is 2.50. The van der Waals surface area contributed by atoms with E-state index in [0.717, 1.165) is 16.7 Å². The minimum Gasteiger partial charge on any atom is -0.436 e. The lowest BCUT2D eigenvalue weighted by Crippen LogP contribution is -1.81. The van der Waals surface area contributed by atoms with E-state index >= 15 is 0 Å². The molecule has 2 aromatic carbocycles. The summed E-state index contributed by atoms with van der Waals surface area (Å²) >= 11 is 2.27. The summed E-state index contributed by atoms with van der Waals surface area (Å²) in [4.78, 5) is 4.43. The van der Waals surface area contributed by atoms with Gasteiger partial charge in [0.05, 0.1) is 0 Å². The summed E-state index contributed by atoms with van der Waals surface area (Å²) in [6, 6.07) is 13.5. The van der Waals surface area contributed by atoms with Gasteiger partial charge in [0.2, 0.25) is 5.89 Å². The fourth-order valence-corrected chi connectivity index (χ4v) is 2.02. The number of oxazole rings is 1. The number of aromatic nitrogens is 1. The molecule has 1 heterocycles. The molecule has 0 aliphatic heterocycles. The van der Waals surface area contributed by atoms with Crippen molar-refractivity contribution in [3.63, 3.8) is 0 Å². The van der Waals surface area contributed by atoms with E-state index in [2.05, 4.69) is 27.6 Å². The minimum absolute atomic E-state index is 0.627. The first-order valence-electron chi connectivity index (χ1n) is 5.14. The van der Waals surface area contributed by atoms with Crippen molar-refractivity contribution < 1.29 is 4.42 Å². The Morgan fingerprint density at radius 3 is 2.59 bits per heavy atom. The van der Waals surface area contributed by atoms with Gasteiger partial charge >= 0.3 is 0 Å². The van der Waals surface area contributed by atoms with Crippen LogP contribution in [0.1, 0.15) is 0 Å². The molecule has 0 bridgehead atoms. The zero-order valence-corrected chi connectivity index (χ0v) is 11.0. The van der Waals surface area contributed by atoms with Crippen LogP contribution >= 0.6 is 22.6 Å². The van der Waals surface area contributed by atoms with Crippen LogP contribution in [-0.2, 0) is 0 Å². The number of nitrogen functional groups attached to an aromatic ring is 1. The standard InChI is InChI=1S/C13H9IN2O/c14-9-3-1-8(2-4-9)13-16-11-6-5-10(15)7-12(11)17-13/h1-7H,15H2. The Hall–Kier alpha value is -1.56. The maximum atomic E-state index is 5.70. The molecule has 4 heteroatoms. The second-order valence-electron chi connectivity index (χ2n) is 3.75. The molecule has 0 aliphatic rings. The van der Waals surface area contributed by atoms with E-state index in [4.69, 9.17) is 10.2 Å². The highest BCUT2D eigenvalue weighted by atomic mass is 127.